The molecule has 1 aliphatic rings. The maximum Gasteiger partial charge on any atom is 0.222 e. The zero-order chi connectivity index (χ0) is 12.6. The van der Waals surface area contributed by atoms with Crippen molar-refractivity contribution >= 4 is 5.91 Å². The Kier molecular flexibility index (Phi) is 5.15. The summed E-state index contributed by atoms with van der Waals surface area (Å²) in [6.07, 6.45) is 6.78. The Morgan fingerprint density at radius 3 is 2.56 bits per heavy atom. The van der Waals surface area contributed by atoms with Gasteiger partial charge >= 0.3 is 0 Å². The Labute approximate surface area is 108 Å². The third kappa shape index (κ3) is 4.11. The van der Waals surface area contributed by atoms with Gasteiger partial charge in [-0.1, -0.05) is 6.07 Å². The molecule has 0 spiro atoms. The largest absolute Gasteiger partial charge is 0.378 e. The summed E-state index contributed by atoms with van der Waals surface area (Å²) in [6, 6.07) is 6.07. The predicted octanol–water partition coefficient (Wildman–Crippen LogP) is 1.00. The zero-order valence-electron chi connectivity index (χ0n) is 10.8. The molecule has 4 nitrogen and oxygen atoms in total. The van der Waals surface area contributed by atoms with Crippen molar-refractivity contribution in [2.24, 2.45) is 0 Å². The van der Waals surface area contributed by atoms with Gasteiger partial charge in [0.1, 0.15) is 6.54 Å². The van der Waals surface area contributed by atoms with Crippen LogP contribution in [0.1, 0.15) is 19.3 Å². The van der Waals surface area contributed by atoms with E-state index < -0.39 is 0 Å². The molecule has 2 rings (SSSR count). The lowest BCUT2D eigenvalue weighted by Gasteiger charge is -2.26. The number of rotatable bonds is 5. The molecule has 0 N–H and O–H groups in total. The van der Waals surface area contributed by atoms with Crippen LogP contribution < -0.4 is 4.57 Å². The fourth-order valence-electron chi connectivity index (χ4n) is 2.12. The highest BCUT2D eigenvalue weighted by Gasteiger charge is 2.16. The molecule has 0 aromatic carbocycles. The van der Waals surface area contributed by atoms with E-state index in [1.807, 2.05) is 23.1 Å². The molecule has 2 heterocycles. The molecule has 98 valence electrons. The number of nitrogens with zero attached hydrogens (tertiary/aromatic N) is 2. The monoisotopic (exact) mass is 249 g/mol. The van der Waals surface area contributed by atoms with Crippen LogP contribution in [-0.4, -0.2) is 37.1 Å². The van der Waals surface area contributed by atoms with Crippen molar-refractivity contribution in [3.63, 3.8) is 0 Å². The molecular formula is C14H21N2O2+. The molecule has 1 aromatic rings. The summed E-state index contributed by atoms with van der Waals surface area (Å²) in [6.45, 7) is 3.87. The van der Waals surface area contributed by atoms with Gasteiger partial charge in [0.25, 0.3) is 0 Å². The Hall–Kier alpha value is -1.42. The summed E-state index contributed by atoms with van der Waals surface area (Å²) >= 11 is 0. The molecular weight excluding hydrogens is 228 g/mol. The van der Waals surface area contributed by atoms with Gasteiger partial charge in [0.2, 0.25) is 5.91 Å². The second-order valence-electron chi connectivity index (χ2n) is 4.56. The van der Waals surface area contributed by atoms with E-state index in [4.69, 9.17) is 4.74 Å². The van der Waals surface area contributed by atoms with E-state index in [1.54, 1.807) is 0 Å². The average molecular weight is 249 g/mol. The summed E-state index contributed by atoms with van der Waals surface area (Å²) < 4.78 is 7.39. The molecule has 1 saturated heterocycles. The third-order valence-electron chi connectivity index (χ3n) is 3.20. The van der Waals surface area contributed by atoms with E-state index in [1.165, 1.54) is 0 Å². The Morgan fingerprint density at radius 2 is 1.83 bits per heavy atom. The quantitative estimate of drug-likeness (QED) is 0.576. The molecule has 1 aromatic heterocycles. The van der Waals surface area contributed by atoms with E-state index in [0.717, 1.165) is 32.5 Å². The number of aryl methyl sites for hydroxylation is 1. The molecule has 0 bridgehead atoms. The van der Waals surface area contributed by atoms with Crippen LogP contribution >= 0.6 is 0 Å². The molecule has 0 aliphatic carbocycles. The highest BCUT2D eigenvalue weighted by atomic mass is 16.5. The maximum atomic E-state index is 11.9. The topological polar surface area (TPSA) is 33.4 Å². The van der Waals surface area contributed by atoms with Gasteiger partial charge in [-0.3, -0.25) is 4.79 Å². The first-order valence-electron chi connectivity index (χ1n) is 6.66. The molecule has 18 heavy (non-hydrogen) atoms. The first kappa shape index (κ1) is 13.0. The van der Waals surface area contributed by atoms with Crippen LogP contribution in [0.3, 0.4) is 0 Å². The van der Waals surface area contributed by atoms with Gasteiger partial charge in [0.15, 0.2) is 12.4 Å². The summed E-state index contributed by atoms with van der Waals surface area (Å²) in [5.41, 5.74) is 0. The van der Waals surface area contributed by atoms with Crippen molar-refractivity contribution in [3.05, 3.63) is 30.6 Å². The minimum Gasteiger partial charge on any atom is -0.378 e. The molecule has 0 radical (unpaired) electrons. The summed E-state index contributed by atoms with van der Waals surface area (Å²) in [4.78, 5) is 13.8. The maximum absolute atomic E-state index is 11.9. The number of unbranched alkanes of at least 4 members (excludes halogenated alkanes) is 1. The van der Waals surface area contributed by atoms with E-state index in [9.17, 15) is 4.79 Å². The minimum atomic E-state index is 0.274. The van der Waals surface area contributed by atoms with Crippen molar-refractivity contribution in [1.82, 2.24) is 4.90 Å². The van der Waals surface area contributed by atoms with Crippen molar-refractivity contribution in [2.45, 2.75) is 25.8 Å². The number of carbonyl (C=O) groups is 1. The van der Waals surface area contributed by atoms with Crippen LogP contribution in [0, 0.1) is 0 Å². The second-order valence-corrected chi connectivity index (χ2v) is 4.56. The van der Waals surface area contributed by atoms with E-state index >= 15 is 0 Å². The van der Waals surface area contributed by atoms with Crippen LogP contribution in [-0.2, 0) is 16.1 Å². The fraction of sp³-hybridized carbons (Fsp3) is 0.571. The minimum absolute atomic E-state index is 0.274. The SMILES string of the molecule is O=C(CCCC[n+]1ccccc1)N1CCOCC1. The Balaban J connectivity index is 1.61. The molecule has 0 unspecified atom stereocenters. The standard InChI is InChI=1S/C14H21N2O2/c17-14(16-10-12-18-13-11-16)6-2-5-9-15-7-3-1-4-8-15/h1,3-4,7-8H,2,5-6,9-13H2/q+1. The highest BCUT2D eigenvalue weighted by molar-refractivity contribution is 5.76. The normalized spacial score (nSPS) is 15.7. The number of morpholine rings is 1. The third-order valence-corrected chi connectivity index (χ3v) is 3.20. The number of amides is 1. The van der Waals surface area contributed by atoms with Gasteiger partial charge < -0.3 is 9.64 Å². The number of pyridine rings is 1. The molecule has 1 aliphatic heterocycles. The lowest BCUT2D eigenvalue weighted by atomic mass is 10.2. The van der Waals surface area contributed by atoms with Gasteiger partial charge in [-0.15, -0.1) is 0 Å². The number of hydrogen-bond acceptors (Lipinski definition) is 2. The molecule has 1 amide bonds. The second kappa shape index (κ2) is 7.11. The summed E-state index contributed by atoms with van der Waals surface area (Å²) in [5.74, 6) is 0.274. The number of carbonyl (C=O) groups excluding carboxylic acids is 1. The number of aromatic nitrogens is 1. The number of hydrogen-bond donors (Lipinski definition) is 0. The van der Waals surface area contributed by atoms with Gasteiger partial charge in [0, 0.05) is 38.1 Å². The molecule has 4 heteroatoms. The highest BCUT2D eigenvalue weighted by Crippen LogP contribution is 2.04. The first-order valence-corrected chi connectivity index (χ1v) is 6.66. The van der Waals surface area contributed by atoms with Crippen LogP contribution in [0.25, 0.3) is 0 Å². The van der Waals surface area contributed by atoms with Gasteiger partial charge in [0.05, 0.1) is 13.2 Å². The lowest BCUT2D eigenvalue weighted by Crippen LogP contribution is -2.40. The van der Waals surface area contributed by atoms with Gasteiger partial charge in [-0.2, -0.15) is 0 Å². The van der Waals surface area contributed by atoms with Crippen molar-refractivity contribution < 1.29 is 14.1 Å². The van der Waals surface area contributed by atoms with Crippen LogP contribution in [0.5, 0.6) is 0 Å². The van der Waals surface area contributed by atoms with Crippen molar-refractivity contribution in [1.29, 1.82) is 0 Å². The van der Waals surface area contributed by atoms with Crippen molar-refractivity contribution in [3.8, 4) is 0 Å². The summed E-state index contributed by atoms with van der Waals surface area (Å²) in [7, 11) is 0. The summed E-state index contributed by atoms with van der Waals surface area (Å²) in [5, 5.41) is 0. The smallest absolute Gasteiger partial charge is 0.222 e. The van der Waals surface area contributed by atoms with Crippen LogP contribution in [0.2, 0.25) is 0 Å². The van der Waals surface area contributed by atoms with E-state index in [0.29, 0.717) is 19.6 Å². The zero-order valence-corrected chi connectivity index (χ0v) is 10.8. The lowest BCUT2D eigenvalue weighted by molar-refractivity contribution is -0.697. The number of ether oxygens (including phenoxy) is 1. The average Bonchev–Trinajstić information content (AvgIpc) is 2.45. The predicted molar refractivity (Wildman–Crippen MR) is 67.9 cm³/mol. The van der Waals surface area contributed by atoms with Crippen LogP contribution in [0.4, 0.5) is 0 Å². The van der Waals surface area contributed by atoms with Gasteiger partial charge in [-0.25, -0.2) is 4.57 Å². The van der Waals surface area contributed by atoms with Crippen LogP contribution in [0.15, 0.2) is 30.6 Å². The first-order chi connectivity index (χ1) is 8.86. The van der Waals surface area contributed by atoms with E-state index in [-0.39, 0.29) is 5.91 Å². The molecule has 0 saturated carbocycles. The van der Waals surface area contributed by atoms with Gasteiger partial charge in [-0.05, 0) is 6.42 Å². The van der Waals surface area contributed by atoms with Crippen molar-refractivity contribution in [2.75, 3.05) is 26.3 Å². The Morgan fingerprint density at radius 1 is 1.11 bits per heavy atom. The molecule has 0 atom stereocenters. The molecule has 1 fully saturated rings. The fourth-order valence-corrected chi connectivity index (χ4v) is 2.12. The Bertz CT molecular complexity index is 361. The van der Waals surface area contributed by atoms with E-state index in [2.05, 4.69) is 17.0 Å².